The van der Waals surface area contributed by atoms with Crippen molar-refractivity contribution in [3.8, 4) is 0 Å². The van der Waals surface area contributed by atoms with Crippen molar-refractivity contribution in [2.45, 2.75) is 0 Å². The summed E-state index contributed by atoms with van der Waals surface area (Å²) in [7, 11) is 0. The minimum absolute atomic E-state index is 0. The van der Waals surface area contributed by atoms with Crippen molar-refractivity contribution < 1.29 is 34.1 Å². The molecule has 17 heteroatoms. The molecule has 0 spiro atoms. The van der Waals surface area contributed by atoms with Gasteiger partial charge < -0.3 is 19.7 Å². The Bertz CT molecular complexity index is 172. The van der Waals surface area contributed by atoms with Crippen molar-refractivity contribution in [3.63, 3.8) is 0 Å². The molecule has 0 saturated carbocycles. The summed E-state index contributed by atoms with van der Waals surface area (Å²) in [5.74, 6) is 0. The van der Waals surface area contributed by atoms with Crippen LogP contribution in [0.2, 0.25) is 0 Å². The van der Waals surface area contributed by atoms with Gasteiger partial charge in [0.05, 0.1) is 0 Å². The zero-order valence-corrected chi connectivity index (χ0v) is 4.44. The van der Waals surface area contributed by atoms with E-state index in [1.165, 1.54) is 0 Å². The van der Waals surface area contributed by atoms with Gasteiger partial charge in [-0.2, -0.15) is 0 Å². The zero-order valence-electron chi connectivity index (χ0n) is 4.44. The van der Waals surface area contributed by atoms with Crippen LogP contribution in [0.1, 0.15) is 0 Å². The summed E-state index contributed by atoms with van der Waals surface area (Å²) in [6.45, 7) is 0. The molecular weight excluding hydrogens is 549 g/mol. The molecule has 0 saturated heterocycles. The second-order valence-corrected chi connectivity index (χ2v) is 0.986. The molecule has 0 radical (unpaired) electrons. The third-order valence-corrected chi connectivity index (χ3v) is 0.341. The number of carbonyl (C=O) groups excluding carboxylic acids is 1. The van der Waals surface area contributed by atoms with Gasteiger partial charge in [-0.3, -0.25) is 0 Å². The van der Waals surface area contributed by atoms with E-state index in [0.29, 0.717) is 0 Å². The second kappa shape index (κ2) is 52.0. The molecule has 0 aliphatic carbocycles. The zero-order chi connectivity index (χ0) is 8.15. The van der Waals surface area contributed by atoms with E-state index in [4.69, 9.17) is 10.2 Å². The van der Waals surface area contributed by atoms with Crippen LogP contribution in [0.3, 0.4) is 0 Å². The SMILES string of the molecule is O=C(O)OC(=O)OC(=O)O.[CaH2].[CaH2].[CaH2].[CaH2].[CaH2].[CaH2].[CaH2].[CaH2].[CaH2].[CaH2]. The van der Waals surface area contributed by atoms with Gasteiger partial charge in [0.25, 0.3) is 0 Å². The topological polar surface area (TPSA) is 110 Å². The summed E-state index contributed by atoms with van der Waals surface area (Å²) in [5.41, 5.74) is 0. The Morgan fingerprint density at radius 1 is 0.500 bits per heavy atom. The van der Waals surface area contributed by atoms with E-state index in [9.17, 15) is 14.4 Å². The molecule has 0 bridgehead atoms. The molecule has 0 aromatic rings. The second-order valence-electron chi connectivity index (χ2n) is 0.986. The van der Waals surface area contributed by atoms with Crippen molar-refractivity contribution in [2.24, 2.45) is 0 Å². The number of carboxylic acid groups (broad SMARTS) is 2. The van der Waals surface area contributed by atoms with Crippen LogP contribution in [0.25, 0.3) is 0 Å². The van der Waals surface area contributed by atoms with E-state index in [1.54, 1.807) is 0 Å². The molecule has 20 heavy (non-hydrogen) atoms. The molecule has 0 aliphatic rings. The van der Waals surface area contributed by atoms with Crippen LogP contribution in [0.5, 0.6) is 0 Å². The average molecular weight is 571 g/mol. The number of hydrogen-bond acceptors (Lipinski definition) is 5. The Morgan fingerprint density at radius 2 is 0.650 bits per heavy atom. The van der Waals surface area contributed by atoms with Crippen LogP contribution < -0.4 is 0 Å². The van der Waals surface area contributed by atoms with Crippen LogP contribution in [-0.2, 0) is 9.47 Å². The summed E-state index contributed by atoms with van der Waals surface area (Å²) < 4.78 is 6.47. The third kappa shape index (κ3) is 63.0. The Labute approximate surface area is 415 Å². The van der Waals surface area contributed by atoms with Gasteiger partial charge in [0, 0.05) is 0 Å². The first kappa shape index (κ1) is 69.8. The van der Waals surface area contributed by atoms with Gasteiger partial charge in [-0.25, -0.2) is 14.4 Å². The standard InChI is InChI=1S/C3H2O7.10Ca.20H/c4-1(5)9-3(8)10-2(6)7;;;;;;;;;;;;;;;;;;;;;;;;;;;;;;/h(H,4,5)(H,6,7);;;;;;;;;;;;;;;;;;;;;;;;;;;;;;. The van der Waals surface area contributed by atoms with Crippen molar-refractivity contribution in [3.05, 3.63) is 0 Å². The Balaban J connectivity index is -0.00000000900. The first-order valence-electron chi connectivity index (χ1n) is 1.88. The van der Waals surface area contributed by atoms with Crippen LogP contribution in [-0.4, -0.2) is 406 Å². The monoisotopic (exact) mass is 570 g/mol. The van der Waals surface area contributed by atoms with Crippen LogP contribution in [0.4, 0.5) is 14.4 Å². The molecule has 0 heterocycles. The number of carbonyl (C=O) groups is 3. The van der Waals surface area contributed by atoms with Crippen LogP contribution >= 0.6 is 0 Å². The third-order valence-electron chi connectivity index (χ3n) is 0.341. The Hall–Kier alpha value is 10.8. The molecule has 0 unspecified atom stereocenters. The van der Waals surface area contributed by atoms with E-state index in [0.717, 1.165) is 0 Å². The predicted molar refractivity (Wildman–Crippen MR) is 109 cm³/mol. The summed E-state index contributed by atoms with van der Waals surface area (Å²) in [4.78, 5) is 28.8. The summed E-state index contributed by atoms with van der Waals surface area (Å²) in [6, 6.07) is 0. The maximum absolute atomic E-state index is 9.86. The van der Waals surface area contributed by atoms with Crippen molar-refractivity contribution in [1.29, 1.82) is 0 Å². The molecule has 7 nitrogen and oxygen atoms in total. The first-order chi connectivity index (χ1) is 4.52. The van der Waals surface area contributed by atoms with Gasteiger partial charge in [-0.05, 0) is 0 Å². The van der Waals surface area contributed by atoms with Gasteiger partial charge in [0.2, 0.25) is 0 Å². The first-order valence-corrected chi connectivity index (χ1v) is 1.88. The van der Waals surface area contributed by atoms with Gasteiger partial charge in [0.15, 0.2) is 0 Å². The van der Waals surface area contributed by atoms with E-state index < -0.39 is 18.5 Å². The van der Waals surface area contributed by atoms with Crippen LogP contribution in [0, 0.1) is 0 Å². The number of rotatable bonds is 0. The fourth-order valence-corrected chi connectivity index (χ4v) is 0.163. The van der Waals surface area contributed by atoms with Gasteiger partial charge in [-0.15, -0.1) is 0 Å². The van der Waals surface area contributed by atoms with E-state index in [2.05, 4.69) is 9.47 Å². The molecule has 0 rings (SSSR count). The number of ether oxygens (including phenoxy) is 2. The molecule has 0 aliphatic heterocycles. The molecule has 0 fully saturated rings. The molecule has 96 valence electrons. The average Bonchev–Trinajstić information content (AvgIpc) is 1.58. The summed E-state index contributed by atoms with van der Waals surface area (Å²) in [5, 5.41) is 15.4. The van der Waals surface area contributed by atoms with Gasteiger partial charge in [-0.1, -0.05) is 0 Å². The number of hydrogen-bond donors (Lipinski definition) is 2. The van der Waals surface area contributed by atoms with E-state index >= 15 is 0 Å². The normalized spacial score (nSPS) is 4.00. The Kier molecular flexibility index (Phi) is 181. The van der Waals surface area contributed by atoms with Crippen molar-refractivity contribution >= 4 is 396 Å². The molecule has 0 aromatic carbocycles. The van der Waals surface area contributed by atoms with E-state index in [1.807, 2.05) is 0 Å². The van der Waals surface area contributed by atoms with Crippen LogP contribution in [0.15, 0.2) is 0 Å². The quantitative estimate of drug-likeness (QED) is 0.169. The molecular formula is C3H22Ca10O7. The van der Waals surface area contributed by atoms with Gasteiger partial charge in [0.1, 0.15) is 0 Å². The molecule has 0 aromatic heterocycles. The van der Waals surface area contributed by atoms with Gasteiger partial charge >= 0.3 is 396 Å². The molecule has 0 amide bonds. The fraction of sp³-hybridized carbons (Fsp3) is 0. The minimum atomic E-state index is -1.92. The summed E-state index contributed by atoms with van der Waals surface area (Å²) >= 11 is 0. The maximum atomic E-state index is 9.86. The van der Waals surface area contributed by atoms with E-state index in [-0.39, 0.29) is 377 Å². The van der Waals surface area contributed by atoms with Crippen molar-refractivity contribution in [2.75, 3.05) is 0 Å². The fourth-order valence-electron chi connectivity index (χ4n) is 0.163. The summed E-state index contributed by atoms with van der Waals surface area (Å²) in [6.07, 6.45) is -5.64. The molecule has 2 N–H and O–H groups in total. The Morgan fingerprint density at radius 3 is 0.750 bits per heavy atom. The predicted octanol–water partition coefficient (Wildman–Crippen LogP) is -8.67. The molecule has 0 atom stereocenters. The van der Waals surface area contributed by atoms with Crippen molar-refractivity contribution in [1.82, 2.24) is 0 Å².